The number of rotatable bonds is 4. The van der Waals surface area contributed by atoms with E-state index in [2.05, 4.69) is 15.9 Å². The molecule has 2 rings (SSSR count). The molecule has 0 saturated carbocycles. The summed E-state index contributed by atoms with van der Waals surface area (Å²) in [6, 6.07) is 16.7. The van der Waals surface area contributed by atoms with E-state index in [-0.39, 0.29) is 10.6 Å². The molecule has 0 fully saturated rings. The molecule has 0 aromatic heterocycles. The first-order valence-corrected chi connectivity index (χ1v) is 6.60. The molecule has 0 aliphatic heterocycles. The first kappa shape index (κ1) is 12.8. The third kappa shape index (κ3) is 2.99. The highest BCUT2D eigenvalue weighted by Gasteiger charge is 2.16. The first-order chi connectivity index (χ1) is 8.68. The summed E-state index contributed by atoms with van der Waals surface area (Å²) in [6.07, 6.45) is 0. The van der Waals surface area contributed by atoms with Gasteiger partial charge in [0.2, 0.25) is 0 Å². The van der Waals surface area contributed by atoms with Gasteiger partial charge in [-0.3, -0.25) is 4.79 Å². The number of ether oxygens (including phenoxy) is 1. The molecule has 0 N–H and O–H groups in total. The van der Waals surface area contributed by atoms with E-state index in [4.69, 9.17) is 4.74 Å². The first-order valence-electron chi connectivity index (χ1n) is 5.68. The maximum Gasteiger partial charge on any atom is 0.179 e. The van der Waals surface area contributed by atoms with Crippen molar-refractivity contribution in [2.45, 2.75) is 11.8 Å². The molecule has 0 heterocycles. The van der Waals surface area contributed by atoms with Gasteiger partial charge in [0.05, 0.1) is 10.4 Å². The zero-order chi connectivity index (χ0) is 13.0. The third-order valence-electron chi connectivity index (χ3n) is 2.48. The lowest BCUT2D eigenvalue weighted by Crippen LogP contribution is -2.11. The highest BCUT2D eigenvalue weighted by molar-refractivity contribution is 9.10. The van der Waals surface area contributed by atoms with E-state index in [1.165, 1.54) is 0 Å². The summed E-state index contributed by atoms with van der Waals surface area (Å²) >= 11 is 3.29. The number of carbonyl (C=O) groups is 1. The van der Waals surface area contributed by atoms with Crippen molar-refractivity contribution < 1.29 is 9.53 Å². The SMILES string of the molecule is CC(Br)C(=O)c1ccccc1Oc1ccccc1. The summed E-state index contributed by atoms with van der Waals surface area (Å²) in [4.78, 5) is 11.8. The van der Waals surface area contributed by atoms with E-state index in [0.29, 0.717) is 11.3 Å². The number of Topliss-reactive ketones (excluding diaryl/α,β-unsaturated/α-hetero) is 1. The number of para-hydroxylation sites is 2. The minimum Gasteiger partial charge on any atom is -0.457 e. The van der Waals surface area contributed by atoms with Crippen LogP contribution >= 0.6 is 15.9 Å². The Bertz CT molecular complexity index is 535. The van der Waals surface area contributed by atoms with Gasteiger partial charge in [0.1, 0.15) is 11.5 Å². The van der Waals surface area contributed by atoms with E-state index in [0.717, 1.165) is 5.75 Å². The van der Waals surface area contributed by atoms with Gasteiger partial charge in [-0.05, 0) is 31.2 Å². The smallest absolute Gasteiger partial charge is 0.179 e. The van der Waals surface area contributed by atoms with Crippen LogP contribution in [0.2, 0.25) is 0 Å². The Hall–Kier alpha value is -1.61. The van der Waals surface area contributed by atoms with Crippen LogP contribution in [-0.4, -0.2) is 10.6 Å². The fraction of sp³-hybridized carbons (Fsp3) is 0.133. The van der Waals surface area contributed by atoms with E-state index < -0.39 is 0 Å². The van der Waals surface area contributed by atoms with Gasteiger partial charge in [0, 0.05) is 0 Å². The Kier molecular flexibility index (Phi) is 4.15. The van der Waals surface area contributed by atoms with Gasteiger partial charge in [0.25, 0.3) is 0 Å². The van der Waals surface area contributed by atoms with E-state index in [9.17, 15) is 4.79 Å². The molecule has 0 spiro atoms. The van der Waals surface area contributed by atoms with Crippen LogP contribution in [0.4, 0.5) is 0 Å². The number of benzene rings is 2. The molecule has 2 aromatic carbocycles. The number of ketones is 1. The van der Waals surface area contributed by atoms with Crippen molar-refractivity contribution in [1.82, 2.24) is 0 Å². The van der Waals surface area contributed by atoms with Crippen LogP contribution in [-0.2, 0) is 0 Å². The molecule has 0 amide bonds. The predicted molar refractivity (Wildman–Crippen MR) is 75.7 cm³/mol. The van der Waals surface area contributed by atoms with Crippen molar-refractivity contribution in [2.75, 3.05) is 0 Å². The Morgan fingerprint density at radius 3 is 2.33 bits per heavy atom. The molecule has 1 unspecified atom stereocenters. The molecule has 18 heavy (non-hydrogen) atoms. The van der Waals surface area contributed by atoms with Crippen LogP contribution < -0.4 is 4.74 Å². The van der Waals surface area contributed by atoms with Gasteiger partial charge < -0.3 is 4.74 Å². The Labute approximate surface area is 115 Å². The van der Waals surface area contributed by atoms with Gasteiger partial charge in [-0.2, -0.15) is 0 Å². The normalized spacial score (nSPS) is 11.9. The van der Waals surface area contributed by atoms with Gasteiger partial charge in [-0.25, -0.2) is 0 Å². The summed E-state index contributed by atoms with van der Waals surface area (Å²) in [6.45, 7) is 1.81. The van der Waals surface area contributed by atoms with Crippen LogP contribution in [0.1, 0.15) is 17.3 Å². The summed E-state index contributed by atoms with van der Waals surface area (Å²) in [5.41, 5.74) is 0.589. The molecular formula is C15H13BrO2. The van der Waals surface area contributed by atoms with Gasteiger partial charge >= 0.3 is 0 Å². The zero-order valence-corrected chi connectivity index (χ0v) is 11.6. The molecule has 3 heteroatoms. The second-order valence-electron chi connectivity index (χ2n) is 3.89. The van der Waals surface area contributed by atoms with Crippen molar-refractivity contribution in [3.8, 4) is 11.5 Å². The highest BCUT2D eigenvalue weighted by atomic mass is 79.9. The molecule has 0 radical (unpaired) electrons. The lowest BCUT2D eigenvalue weighted by molar-refractivity contribution is 0.0993. The van der Waals surface area contributed by atoms with E-state index in [1.807, 2.05) is 49.4 Å². The molecule has 1 atom stereocenters. The highest BCUT2D eigenvalue weighted by Crippen LogP contribution is 2.26. The fourth-order valence-electron chi connectivity index (χ4n) is 1.59. The molecule has 0 aliphatic rings. The fourth-order valence-corrected chi connectivity index (χ4v) is 1.84. The van der Waals surface area contributed by atoms with Crippen LogP contribution in [0.5, 0.6) is 11.5 Å². The van der Waals surface area contributed by atoms with Crippen molar-refractivity contribution in [1.29, 1.82) is 0 Å². The number of halogens is 1. The maximum absolute atomic E-state index is 12.0. The molecule has 0 aliphatic carbocycles. The van der Waals surface area contributed by atoms with Crippen molar-refractivity contribution >= 4 is 21.7 Å². The number of hydrogen-bond acceptors (Lipinski definition) is 2. The van der Waals surface area contributed by atoms with Crippen LogP contribution in [0, 0.1) is 0 Å². The monoisotopic (exact) mass is 304 g/mol. The summed E-state index contributed by atoms with van der Waals surface area (Å²) in [5, 5.41) is 0. The minimum absolute atomic E-state index is 0.0153. The predicted octanol–water partition coefficient (Wildman–Crippen LogP) is 4.45. The van der Waals surface area contributed by atoms with Gasteiger partial charge in [-0.1, -0.05) is 46.3 Å². The number of alkyl halides is 1. The molecule has 92 valence electrons. The lowest BCUT2D eigenvalue weighted by Gasteiger charge is -2.11. The topological polar surface area (TPSA) is 26.3 Å². The molecule has 2 nitrogen and oxygen atoms in total. The standard InChI is InChI=1S/C15H13BrO2/c1-11(16)15(17)13-9-5-6-10-14(13)18-12-7-3-2-4-8-12/h2-11H,1H3. The summed E-state index contributed by atoms with van der Waals surface area (Å²) < 4.78 is 5.74. The largest absolute Gasteiger partial charge is 0.457 e. The van der Waals surface area contributed by atoms with Crippen molar-refractivity contribution in [2.24, 2.45) is 0 Å². The minimum atomic E-state index is -0.224. The Morgan fingerprint density at radius 2 is 1.67 bits per heavy atom. The van der Waals surface area contributed by atoms with Crippen molar-refractivity contribution in [3.05, 3.63) is 60.2 Å². The Morgan fingerprint density at radius 1 is 1.06 bits per heavy atom. The number of hydrogen-bond donors (Lipinski definition) is 0. The zero-order valence-electron chi connectivity index (χ0n) is 9.97. The molecule has 2 aromatic rings. The maximum atomic E-state index is 12.0. The summed E-state index contributed by atoms with van der Waals surface area (Å²) in [5.74, 6) is 1.32. The summed E-state index contributed by atoms with van der Waals surface area (Å²) in [7, 11) is 0. The number of carbonyl (C=O) groups excluding carboxylic acids is 1. The second kappa shape index (κ2) is 5.83. The molecular weight excluding hydrogens is 292 g/mol. The van der Waals surface area contributed by atoms with E-state index in [1.54, 1.807) is 12.1 Å². The van der Waals surface area contributed by atoms with Crippen LogP contribution in [0.15, 0.2) is 54.6 Å². The quantitative estimate of drug-likeness (QED) is 0.616. The average molecular weight is 305 g/mol. The second-order valence-corrected chi connectivity index (χ2v) is 5.27. The van der Waals surface area contributed by atoms with Crippen LogP contribution in [0.25, 0.3) is 0 Å². The molecule has 0 saturated heterocycles. The average Bonchev–Trinajstić information content (AvgIpc) is 2.39. The third-order valence-corrected chi connectivity index (χ3v) is 2.90. The lowest BCUT2D eigenvalue weighted by atomic mass is 10.1. The van der Waals surface area contributed by atoms with Gasteiger partial charge in [0.15, 0.2) is 5.78 Å². The Balaban J connectivity index is 2.31. The van der Waals surface area contributed by atoms with Gasteiger partial charge in [-0.15, -0.1) is 0 Å². The molecule has 0 bridgehead atoms. The van der Waals surface area contributed by atoms with E-state index >= 15 is 0 Å². The van der Waals surface area contributed by atoms with Crippen LogP contribution in [0.3, 0.4) is 0 Å². The van der Waals surface area contributed by atoms with Crippen molar-refractivity contribution in [3.63, 3.8) is 0 Å².